The fourth-order valence-corrected chi connectivity index (χ4v) is 4.75. The first-order chi connectivity index (χ1) is 18.5. The van der Waals surface area contributed by atoms with Crippen molar-refractivity contribution >= 4 is 76.7 Å². The molecule has 11 heteroatoms. The van der Waals surface area contributed by atoms with Gasteiger partial charge in [0, 0.05) is 17.5 Å². The topological polar surface area (TPSA) is 114 Å². The molecule has 2 aromatic heterocycles. The van der Waals surface area contributed by atoms with Crippen molar-refractivity contribution in [2.45, 2.75) is 32.6 Å². The van der Waals surface area contributed by atoms with Crippen LogP contribution in [0.5, 0.6) is 0 Å². The molecule has 0 atom stereocenters. The average Bonchev–Trinajstić information content (AvgIpc) is 3.51. The normalized spacial score (nSPS) is 10.6. The molecule has 0 aliphatic rings. The van der Waals surface area contributed by atoms with Crippen LogP contribution in [0.3, 0.4) is 0 Å². The van der Waals surface area contributed by atoms with Crippen LogP contribution in [0, 0.1) is 0 Å². The number of aromatic carboxylic acids is 1. The third kappa shape index (κ3) is 6.89. The number of unbranched alkanes of at least 4 members (excludes halogenated alkanes) is 1. The van der Waals surface area contributed by atoms with Crippen LogP contribution in [-0.4, -0.2) is 90.1 Å². The molecule has 0 spiro atoms. The van der Waals surface area contributed by atoms with Crippen molar-refractivity contribution in [2.75, 3.05) is 0 Å². The molecule has 196 valence electrons. The van der Waals surface area contributed by atoms with Crippen LogP contribution in [0.25, 0.3) is 28.2 Å². The molecule has 5 aromatic rings. The number of hydrogen-bond acceptors (Lipinski definition) is 5. The Morgan fingerprint density at radius 1 is 1.00 bits per heavy atom. The van der Waals surface area contributed by atoms with Crippen molar-refractivity contribution in [3.8, 4) is 28.2 Å². The molecule has 0 unspecified atom stereocenters. The maximum atomic E-state index is 12.5. The Bertz CT molecular complexity index is 1660. The van der Waals surface area contributed by atoms with Crippen LogP contribution in [0.4, 0.5) is 0 Å². The van der Waals surface area contributed by atoms with Crippen LogP contribution in [-0.2, 0) is 12.8 Å². The molecular weight excluding hydrogens is 550 g/mol. The van der Waals surface area contributed by atoms with Gasteiger partial charge in [-0.1, -0.05) is 85.6 Å². The summed E-state index contributed by atoms with van der Waals surface area (Å²) < 4.78 is 6.20. The molecule has 0 aliphatic heterocycles. The van der Waals surface area contributed by atoms with Gasteiger partial charge in [0.1, 0.15) is 0 Å². The predicted molar refractivity (Wildman–Crippen MR) is 159 cm³/mol. The van der Waals surface area contributed by atoms with E-state index in [1.807, 2.05) is 54.6 Å². The third-order valence-electron chi connectivity index (χ3n) is 6.38. The van der Waals surface area contributed by atoms with Gasteiger partial charge in [-0.25, -0.2) is 14.3 Å². The van der Waals surface area contributed by atoms with E-state index in [-0.39, 0.29) is 64.8 Å². The molecule has 0 amide bonds. The maximum absolute atomic E-state index is 12.5. The molecule has 40 heavy (non-hydrogen) atoms. The second kappa shape index (κ2) is 14.5. The number of carboxylic acid groups (broad SMARTS) is 1. The van der Waals surface area contributed by atoms with Gasteiger partial charge >= 0.3 is 70.8 Å². The standard InChI is InChI=1S/C29H25ClN4O4.2Na.2H/c1-2-3-11-24-22(26(28(35)36)34(32-24)25-12-7-6-10-23(25)30)17-18-13-15-19(16-14-18)20-8-4-5-9-21(20)27-31-29(37)38-33-27;;;;/h4-10,12-16H,2-3,11,17H2,1H3,(H,35,36)(H,31,33,37);;;;. The number of aromatic amines is 1. The number of halogens is 1. The van der Waals surface area contributed by atoms with Crippen molar-refractivity contribution in [1.29, 1.82) is 0 Å². The van der Waals surface area contributed by atoms with Gasteiger partial charge in [0.25, 0.3) is 0 Å². The molecule has 0 fully saturated rings. The molecule has 3 aromatic carbocycles. The Morgan fingerprint density at radius 2 is 1.68 bits per heavy atom. The fraction of sp³-hybridized carbons (Fsp3) is 0.172. The minimum absolute atomic E-state index is 0. The Kier molecular flexibility index (Phi) is 11.6. The molecule has 0 saturated carbocycles. The van der Waals surface area contributed by atoms with Crippen molar-refractivity contribution in [2.24, 2.45) is 0 Å². The molecule has 0 bridgehead atoms. The number of carboxylic acids is 1. The Labute approximate surface area is 280 Å². The summed E-state index contributed by atoms with van der Waals surface area (Å²) >= 11 is 6.41. The number of rotatable bonds is 9. The Hall–Kier alpha value is -2.43. The second-order valence-electron chi connectivity index (χ2n) is 8.90. The number of aryl methyl sites for hydroxylation is 1. The molecule has 2 heterocycles. The monoisotopic (exact) mass is 576 g/mol. The Balaban J connectivity index is 0.00000220. The van der Waals surface area contributed by atoms with Gasteiger partial charge in [0.2, 0.25) is 0 Å². The van der Waals surface area contributed by atoms with E-state index in [2.05, 4.69) is 17.1 Å². The Morgan fingerprint density at radius 3 is 2.30 bits per heavy atom. The van der Waals surface area contributed by atoms with Crippen LogP contribution in [0.15, 0.2) is 82.1 Å². The van der Waals surface area contributed by atoms with Gasteiger partial charge in [-0.15, -0.1) is 0 Å². The second-order valence-corrected chi connectivity index (χ2v) is 9.30. The van der Waals surface area contributed by atoms with Gasteiger partial charge in [-0.05, 0) is 41.7 Å². The quantitative estimate of drug-likeness (QED) is 0.242. The van der Waals surface area contributed by atoms with Crippen molar-refractivity contribution in [1.82, 2.24) is 19.9 Å². The number of benzene rings is 3. The number of carbonyl (C=O) groups is 1. The summed E-state index contributed by atoms with van der Waals surface area (Å²) in [5, 5.41) is 17.9. The molecule has 8 nitrogen and oxygen atoms in total. The van der Waals surface area contributed by atoms with Gasteiger partial charge in [0.15, 0.2) is 11.5 Å². The van der Waals surface area contributed by atoms with Crippen LogP contribution in [0.1, 0.15) is 47.1 Å². The number of nitrogens with one attached hydrogen (secondary N) is 1. The van der Waals surface area contributed by atoms with Crippen molar-refractivity contribution in [3.05, 3.63) is 111 Å². The minimum atomic E-state index is -1.05. The molecule has 2 N–H and O–H groups in total. The number of H-pyrrole nitrogens is 1. The number of hydrogen-bond donors (Lipinski definition) is 2. The van der Waals surface area contributed by atoms with E-state index in [4.69, 9.17) is 21.2 Å². The summed E-state index contributed by atoms with van der Waals surface area (Å²) in [5.41, 5.74) is 5.58. The van der Waals surface area contributed by atoms with Crippen LogP contribution in [0.2, 0.25) is 5.02 Å². The van der Waals surface area contributed by atoms with E-state index in [1.165, 1.54) is 4.68 Å². The van der Waals surface area contributed by atoms with E-state index in [9.17, 15) is 14.7 Å². The summed E-state index contributed by atoms with van der Waals surface area (Å²) in [5.74, 6) is -1.38. The van der Waals surface area contributed by atoms with E-state index in [0.717, 1.165) is 40.8 Å². The van der Waals surface area contributed by atoms with E-state index in [1.54, 1.807) is 18.2 Å². The molecule has 0 saturated heterocycles. The first-order valence-electron chi connectivity index (χ1n) is 12.3. The third-order valence-corrected chi connectivity index (χ3v) is 6.70. The van der Waals surface area contributed by atoms with Crippen molar-refractivity contribution < 1.29 is 14.4 Å². The zero-order valence-corrected chi connectivity index (χ0v) is 21.4. The molecular formula is C29H27ClN4Na2O4. The summed E-state index contributed by atoms with van der Waals surface area (Å²) in [4.78, 5) is 27.8. The number of aromatic nitrogens is 4. The van der Waals surface area contributed by atoms with Gasteiger partial charge in [0.05, 0.1) is 16.4 Å². The first-order valence-corrected chi connectivity index (χ1v) is 12.7. The average molecular weight is 577 g/mol. The molecule has 0 aliphatic carbocycles. The summed E-state index contributed by atoms with van der Waals surface area (Å²) in [7, 11) is 0. The van der Waals surface area contributed by atoms with Gasteiger partial charge in [-0.3, -0.25) is 0 Å². The van der Waals surface area contributed by atoms with Crippen LogP contribution < -0.4 is 5.76 Å². The molecule has 0 radical (unpaired) electrons. The fourth-order valence-electron chi connectivity index (χ4n) is 4.54. The summed E-state index contributed by atoms with van der Waals surface area (Å²) in [6, 6.07) is 22.6. The van der Waals surface area contributed by atoms with Crippen LogP contribution >= 0.6 is 11.6 Å². The van der Waals surface area contributed by atoms with Gasteiger partial charge in [-0.2, -0.15) is 15.2 Å². The van der Waals surface area contributed by atoms with Gasteiger partial charge < -0.3 is 9.63 Å². The first kappa shape index (κ1) is 32.1. The predicted octanol–water partition coefficient (Wildman–Crippen LogP) is 4.87. The summed E-state index contributed by atoms with van der Waals surface area (Å²) in [6.07, 6.45) is 2.94. The van der Waals surface area contributed by atoms with E-state index >= 15 is 0 Å². The van der Waals surface area contributed by atoms with E-state index in [0.29, 0.717) is 34.9 Å². The number of para-hydroxylation sites is 1. The SMILES string of the molecule is CCCCc1nn(-c2ccccc2Cl)c(C(=O)O)c1Cc1ccc(-c2ccccc2-c2nc(=O)o[nH]2)cc1.[NaH].[NaH]. The molecule has 5 rings (SSSR count). The zero-order valence-electron chi connectivity index (χ0n) is 20.6. The number of nitrogens with zero attached hydrogens (tertiary/aromatic N) is 3. The van der Waals surface area contributed by atoms with E-state index < -0.39 is 11.7 Å². The summed E-state index contributed by atoms with van der Waals surface area (Å²) in [6.45, 7) is 2.09. The van der Waals surface area contributed by atoms with Crippen molar-refractivity contribution in [3.63, 3.8) is 0 Å². The zero-order chi connectivity index (χ0) is 26.6.